The molecule has 2 fully saturated rings. The first-order valence-electron chi connectivity index (χ1n) is 12.5. The molecule has 4 rings (SSSR count). The molecule has 2 aliphatic rings. The topological polar surface area (TPSA) is 79.9 Å². The average Bonchev–Trinajstić information content (AvgIpc) is 3.10. The number of benzene rings is 2. The normalized spacial score (nSPS) is 23.2. The number of hydrogen-bond donors (Lipinski definition) is 2. The van der Waals surface area contributed by atoms with Crippen LogP contribution < -0.4 is 15.5 Å². The summed E-state index contributed by atoms with van der Waals surface area (Å²) in [5.74, 6) is -0.762. The van der Waals surface area contributed by atoms with Gasteiger partial charge in [-0.25, -0.2) is 0 Å². The lowest BCUT2D eigenvalue weighted by Crippen LogP contribution is -2.51. The number of halogens is 4. The number of carbonyl (C=O) groups excluding carboxylic acids is 2. The Balaban J connectivity index is 1.46. The van der Waals surface area contributed by atoms with E-state index >= 15 is 0 Å². The van der Waals surface area contributed by atoms with Crippen LogP contribution in [0.4, 0.5) is 18.9 Å². The molecular formula is C27H31ClF3N3O4. The zero-order valence-electron chi connectivity index (χ0n) is 21.4. The van der Waals surface area contributed by atoms with Crippen molar-refractivity contribution >= 4 is 29.1 Å². The van der Waals surface area contributed by atoms with Crippen LogP contribution in [0.25, 0.3) is 11.1 Å². The van der Waals surface area contributed by atoms with Crippen LogP contribution >= 0.6 is 11.6 Å². The van der Waals surface area contributed by atoms with Gasteiger partial charge < -0.3 is 15.0 Å². The molecule has 3 atom stereocenters. The van der Waals surface area contributed by atoms with Gasteiger partial charge in [0.05, 0.1) is 17.5 Å². The van der Waals surface area contributed by atoms with Gasteiger partial charge in [-0.05, 0) is 51.3 Å². The molecule has 0 aromatic heterocycles. The predicted octanol–water partition coefficient (Wildman–Crippen LogP) is 5.93. The van der Waals surface area contributed by atoms with Crippen molar-refractivity contribution in [3.8, 4) is 16.9 Å². The molecule has 7 nitrogen and oxygen atoms in total. The van der Waals surface area contributed by atoms with Crippen molar-refractivity contribution in [3.05, 3.63) is 47.5 Å². The zero-order chi connectivity index (χ0) is 27.7. The standard InChI is InChI=1S/C27H31ClF3N3O4/c1-16-23(38-33-26(16,2)3)15-24(35)34-13-7-6-9-21(34)25(36)32-17-11-12-18(20(28)14-17)19-8-4-5-10-22(19)37-27(29,30)31/h4-5,8,10-12,14,16,21,23,33H,6-7,9,13,15H2,1-3H3,(H,32,36). The van der Waals surface area contributed by atoms with Gasteiger partial charge in [-0.3, -0.25) is 14.4 Å². The van der Waals surface area contributed by atoms with Crippen molar-refractivity contribution in [1.29, 1.82) is 0 Å². The van der Waals surface area contributed by atoms with Crippen LogP contribution in [0.1, 0.15) is 46.5 Å². The molecule has 0 bridgehead atoms. The van der Waals surface area contributed by atoms with E-state index in [9.17, 15) is 22.8 Å². The van der Waals surface area contributed by atoms with Crippen LogP contribution in [0.3, 0.4) is 0 Å². The van der Waals surface area contributed by atoms with E-state index in [-0.39, 0.29) is 52.1 Å². The number of carbonyl (C=O) groups is 2. The Bertz CT molecular complexity index is 1190. The van der Waals surface area contributed by atoms with E-state index in [1.165, 1.54) is 30.3 Å². The summed E-state index contributed by atoms with van der Waals surface area (Å²) < 4.78 is 42.6. The molecule has 2 saturated heterocycles. The quantitative estimate of drug-likeness (QED) is 0.463. The largest absolute Gasteiger partial charge is 0.573 e. The molecule has 2 aromatic carbocycles. The highest BCUT2D eigenvalue weighted by Gasteiger charge is 2.43. The summed E-state index contributed by atoms with van der Waals surface area (Å²) in [5, 5.41) is 2.95. The van der Waals surface area contributed by atoms with Gasteiger partial charge in [-0.15, -0.1) is 13.2 Å². The highest BCUT2D eigenvalue weighted by Crippen LogP contribution is 2.38. The highest BCUT2D eigenvalue weighted by molar-refractivity contribution is 6.33. The third kappa shape index (κ3) is 6.42. The summed E-state index contributed by atoms with van der Waals surface area (Å²) in [6, 6.07) is 9.59. The third-order valence-corrected chi connectivity index (χ3v) is 7.62. The van der Waals surface area contributed by atoms with E-state index in [2.05, 4.69) is 15.5 Å². The van der Waals surface area contributed by atoms with Crippen molar-refractivity contribution in [2.45, 2.75) is 70.5 Å². The summed E-state index contributed by atoms with van der Waals surface area (Å²) >= 11 is 6.41. The number of amides is 2. The van der Waals surface area contributed by atoms with Gasteiger partial charge in [-0.2, -0.15) is 5.48 Å². The van der Waals surface area contributed by atoms with Gasteiger partial charge in [0.25, 0.3) is 0 Å². The summed E-state index contributed by atoms with van der Waals surface area (Å²) in [7, 11) is 0. The van der Waals surface area contributed by atoms with Gasteiger partial charge in [0.1, 0.15) is 11.8 Å². The number of rotatable bonds is 6. The van der Waals surface area contributed by atoms with Gasteiger partial charge >= 0.3 is 6.36 Å². The van der Waals surface area contributed by atoms with E-state index in [0.29, 0.717) is 24.2 Å². The fourth-order valence-corrected chi connectivity index (χ4v) is 5.12. The Morgan fingerprint density at radius 3 is 2.58 bits per heavy atom. The first kappa shape index (κ1) is 28.2. The SMILES string of the molecule is CC1C(CC(=O)N2CCCCC2C(=O)Nc2ccc(-c3ccccc3OC(F)(F)F)c(Cl)c2)ONC1(C)C. The van der Waals surface area contributed by atoms with Gasteiger partial charge in [-0.1, -0.05) is 42.8 Å². The fourth-order valence-electron chi connectivity index (χ4n) is 4.84. The van der Waals surface area contributed by atoms with Crippen LogP contribution in [0.15, 0.2) is 42.5 Å². The molecular weight excluding hydrogens is 523 g/mol. The first-order valence-corrected chi connectivity index (χ1v) is 12.9. The van der Waals surface area contributed by atoms with Gasteiger partial charge in [0.2, 0.25) is 11.8 Å². The number of piperidine rings is 1. The van der Waals surface area contributed by atoms with Crippen molar-refractivity contribution < 1.29 is 32.3 Å². The number of hydroxylamine groups is 1. The number of hydrogen-bond acceptors (Lipinski definition) is 5. The van der Waals surface area contributed by atoms with E-state index in [0.717, 1.165) is 12.8 Å². The third-order valence-electron chi connectivity index (χ3n) is 7.31. The summed E-state index contributed by atoms with van der Waals surface area (Å²) in [6.07, 6.45) is -2.84. The van der Waals surface area contributed by atoms with Crippen LogP contribution in [-0.4, -0.2) is 47.3 Å². The first-order chi connectivity index (χ1) is 17.9. The summed E-state index contributed by atoms with van der Waals surface area (Å²) in [5.41, 5.74) is 3.58. The maximum atomic E-state index is 13.2. The second-order valence-electron chi connectivity index (χ2n) is 10.3. The molecule has 206 valence electrons. The Morgan fingerprint density at radius 2 is 1.92 bits per heavy atom. The molecule has 0 radical (unpaired) electrons. The molecule has 38 heavy (non-hydrogen) atoms. The molecule has 3 unspecified atom stereocenters. The lowest BCUT2D eigenvalue weighted by Gasteiger charge is -2.35. The van der Waals surface area contributed by atoms with E-state index in [4.69, 9.17) is 16.4 Å². The highest BCUT2D eigenvalue weighted by atomic mass is 35.5. The molecule has 0 aliphatic carbocycles. The second kappa shape index (κ2) is 11.1. The number of nitrogens with one attached hydrogen (secondary N) is 2. The maximum Gasteiger partial charge on any atom is 0.573 e. The zero-order valence-corrected chi connectivity index (χ0v) is 22.2. The number of nitrogens with zero attached hydrogens (tertiary/aromatic N) is 1. The van der Waals surface area contributed by atoms with Crippen molar-refractivity contribution in [2.75, 3.05) is 11.9 Å². The van der Waals surface area contributed by atoms with E-state index < -0.39 is 12.4 Å². The smallest absolute Gasteiger partial charge is 0.405 e. The van der Waals surface area contributed by atoms with Crippen LogP contribution in [0, 0.1) is 5.92 Å². The number of anilines is 1. The number of ether oxygens (including phenoxy) is 1. The van der Waals surface area contributed by atoms with Crippen LogP contribution in [0.2, 0.25) is 5.02 Å². The molecule has 2 aromatic rings. The Kier molecular flexibility index (Phi) is 8.25. The molecule has 2 heterocycles. The molecule has 0 saturated carbocycles. The summed E-state index contributed by atoms with van der Waals surface area (Å²) in [4.78, 5) is 33.7. The number of alkyl halides is 3. The lowest BCUT2D eigenvalue weighted by molar-refractivity contribution is -0.274. The Hall–Kier alpha value is -2.82. The van der Waals surface area contributed by atoms with Crippen LogP contribution in [-0.2, 0) is 14.4 Å². The summed E-state index contributed by atoms with van der Waals surface area (Å²) in [6.45, 7) is 6.53. The van der Waals surface area contributed by atoms with Gasteiger partial charge in [0, 0.05) is 34.8 Å². The van der Waals surface area contributed by atoms with Crippen molar-refractivity contribution in [1.82, 2.24) is 10.4 Å². The second-order valence-corrected chi connectivity index (χ2v) is 10.7. The predicted molar refractivity (Wildman–Crippen MR) is 137 cm³/mol. The minimum atomic E-state index is -4.85. The van der Waals surface area contributed by atoms with Crippen molar-refractivity contribution in [3.63, 3.8) is 0 Å². The van der Waals surface area contributed by atoms with E-state index in [1.807, 2.05) is 20.8 Å². The van der Waals surface area contributed by atoms with Crippen LogP contribution in [0.5, 0.6) is 5.75 Å². The molecule has 0 spiro atoms. The maximum absolute atomic E-state index is 13.2. The Morgan fingerprint density at radius 1 is 1.18 bits per heavy atom. The monoisotopic (exact) mass is 553 g/mol. The Labute approximate surface area is 224 Å². The van der Waals surface area contributed by atoms with E-state index in [1.54, 1.807) is 17.0 Å². The fraction of sp³-hybridized carbons (Fsp3) is 0.481. The number of likely N-dealkylation sites (tertiary alicyclic amines) is 1. The average molecular weight is 554 g/mol. The molecule has 11 heteroatoms. The van der Waals surface area contributed by atoms with Crippen molar-refractivity contribution in [2.24, 2.45) is 5.92 Å². The lowest BCUT2D eigenvalue weighted by atomic mass is 9.85. The van der Waals surface area contributed by atoms with Gasteiger partial charge in [0.15, 0.2) is 0 Å². The minimum absolute atomic E-state index is 0.107. The molecule has 2 N–H and O–H groups in total. The minimum Gasteiger partial charge on any atom is -0.405 e. The molecule has 2 amide bonds. The number of para-hydroxylation sites is 1. The molecule has 2 aliphatic heterocycles.